The molecule has 4 rings (SSSR count). The summed E-state index contributed by atoms with van der Waals surface area (Å²) in [5.41, 5.74) is 6.16. The van der Waals surface area contributed by atoms with Crippen molar-refractivity contribution in [3.05, 3.63) is 103 Å². The molecule has 0 aliphatic carbocycles. The molecule has 0 amide bonds. The summed E-state index contributed by atoms with van der Waals surface area (Å²) in [7, 11) is 0. The number of para-hydroxylation sites is 1. The molecule has 1 heterocycles. The van der Waals surface area contributed by atoms with Gasteiger partial charge in [-0.1, -0.05) is 78.9 Å². The Morgan fingerprint density at radius 2 is 0.913 bits per heavy atom. The molecular formula is C22H17N. The molecular weight excluding hydrogens is 278 g/mol. The molecule has 23 heavy (non-hydrogen) atoms. The minimum absolute atomic E-state index is 1.22. The highest BCUT2D eigenvalue weighted by molar-refractivity contribution is 5.85. The van der Waals surface area contributed by atoms with Crippen molar-refractivity contribution >= 4 is 0 Å². The molecule has 4 aromatic rings. The minimum Gasteiger partial charge on any atom is -0.323 e. The lowest BCUT2D eigenvalue weighted by molar-refractivity contribution is 1.08. The van der Waals surface area contributed by atoms with Crippen molar-refractivity contribution < 1.29 is 0 Å². The molecule has 3 aromatic carbocycles. The predicted octanol–water partition coefficient (Wildman–Crippen LogP) is 5.81. The molecule has 0 fully saturated rings. The zero-order valence-electron chi connectivity index (χ0n) is 12.8. The normalized spacial score (nSPS) is 10.6. The fourth-order valence-electron chi connectivity index (χ4n) is 3.01. The lowest BCUT2D eigenvalue weighted by atomic mass is 9.96. The van der Waals surface area contributed by atoms with Crippen molar-refractivity contribution in [2.75, 3.05) is 0 Å². The van der Waals surface area contributed by atoms with Crippen LogP contribution in [0.2, 0.25) is 0 Å². The standard InChI is InChI=1S/C22H17N/c1-3-10-18(11-4-1)20-14-9-15-21(19-12-5-2-6-13-19)22(20)23-16-7-8-17-23/h1-17H. The van der Waals surface area contributed by atoms with Gasteiger partial charge in [0.05, 0.1) is 5.69 Å². The van der Waals surface area contributed by atoms with Crippen LogP contribution in [0, 0.1) is 0 Å². The summed E-state index contributed by atoms with van der Waals surface area (Å²) in [5, 5.41) is 0. The Balaban J connectivity index is 2.01. The van der Waals surface area contributed by atoms with Crippen molar-refractivity contribution in [2.24, 2.45) is 0 Å². The average Bonchev–Trinajstić information content (AvgIpc) is 3.17. The van der Waals surface area contributed by atoms with Gasteiger partial charge in [-0.15, -0.1) is 0 Å². The van der Waals surface area contributed by atoms with Crippen LogP contribution in [0.25, 0.3) is 27.9 Å². The molecule has 0 aliphatic heterocycles. The van der Waals surface area contributed by atoms with E-state index in [2.05, 4.69) is 108 Å². The van der Waals surface area contributed by atoms with Crippen LogP contribution in [0.4, 0.5) is 0 Å². The Bertz CT molecular complexity index is 834. The number of benzene rings is 3. The van der Waals surface area contributed by atoms with Gasteiger partial charge in [0.25, 0.3) is 0 Å². The fraction of sp³-hybridized carbons (Fsp3) is 0. The second kappa shape index (κ2) is 5.98. The fourth-order valence-corrected chi connectivity index (χ4v) is 3.01. The van der Waals surface area contributed by atoms with Crippen LogP contribution in [-0.4, -0.2) is 4.57 Å². The van der Waals surface area contributed by atoms with Gasteiger partial charge in [0.2, 0.25) is 0 Å². The van der Waals surface area contributed by atoms with E-state index in [1.807, 2.05) is 0 Å². The van der Waals surface area contributed by atoms with Crippen LogP contribution in [-0.2, 0) is 0 Å². The van der Waals surface area contributed by atoms with Crippen LogP contribution < -0.4 is 0 Å². The second-order valence-corrected chi connectivity index (χ2v) is 5.52. The third kappa shape index (κ3) is 2.58. The Morgan fingerprint density at radius 1 is 0.435 bits per heavy atom. The Labute approximate surface area is 136 Å². The Morgan fingerprint density at radius 3 is 1.39 bits per heavy atom. The highest BCUT2D eigenvalue weighted by Gasteiger charge is 2.12. The summed E-state index contributed by atoms with van der Waals surface area (Å²) in [4.78, 5) is 0. The molecule has 0 spiro atoms. The van der Waals surface area contributed by atoms with Crippen LogP contribution in [0.5, 0.6) is 0 Å². The summed E-state index contributed by atoms with van der Waals surface area (Å²) in [6.45, 7) is 0. The lowest BCUT2D eigenvalue weighted by Crippen LogP contribution is -1.97. The molecule has 110 valence electrons. The Hall–Kier alpha value is -3.06. The summed E-state index contributed by atoms with van der Waals surface area (Å²) in [5.74, 6) is 0. The molecule has 0 atom stereocenters. The van der Waals surface area contributed by atoms with Gasteiger partial charge < -0.3 is 4.57 Å². The molecule has 0 radical (unpaired) electrons. The molecule has 0 aliphatic rings. The quantitative estimate of drug-likeness (QED) is 0.449. The SMILES string of the molecule is c1ccc(-c2cccc(-c3ccccc3)c2-n2cccc2)cc1. The largest absolute Gasteiger partial charge is 0.323 e. The maximum Gasteiger partial charge on any atom is 0.0606 e. The van der Waals surface area contributed by atoms with E-state index in [0.717, 1.165) is 0 Å². The van der Waals surface area contributed by atoms with Crippen molar-refractivity contribution in [1.82, 2.24) is 4.57 Å². The number of hydrogen-bond donors (Lipinski definition) is 0. The number of rotatable bonds is 3. The average molecular weight is 295 g/mol. The van der Waals surface area contributed by atoms with E-state index in [-0.39, 0.29) is 0 Å². The summed E-state index contributed by atoms with van der Waals surface area (Å²) < 4.78 is 2.20. The van der Waals surface area contributed by atoms with Crippen molar-refractivity contribution in [2.45, 2.75) is 0 Å². The van der Waals surface area contributed by atoms with Crippen LogP contribution >= 0.6 is 0 Å². The molecule has 1 nitrogen and oxygen atoms in total. The highest BCUT2D eigenvalue weighted by atomic mass is 14.9. The zero-order chi connectivity index (χ0) is 15.5. The third-order valence-electron chi connectivity index (χ3n) is 4.07. The van der Waals surface area contributed by atoms with Crippen LogP contribution in [0.3, 0.4) is 0 Å². The molecule has 0 unspecified atom stereocenters. The highest BCUT2D eigenvalue weighted by Crippen LogP contribution is 2.35. The van der Waals surface area contributed by atoms with E-state index in [1.165, 1.54) is 27.9 Å². The maximum absolute atomic E-state index is 2.20. The van der Waals surface area contributed by atoms with Crippen molar-refractivity contribution in [3.8, 4) is 27.9 Å². The smallest absolute Gasteiger partial charge is 0.0606 e. The summed E-state index contributed by atoms with van der Waals surface area (Å²) >= 11 is 0. The topological polar surface area (TPSA) is 4.93 Å². The lowest BCUT2D eigenvalue weighted by Gasteiger charge is -2.16. The van der Waals surface area contributed by atoms with Gasteiger partial charge >= 0.3 is 0 Å². The predicted molar refractivity (Wildman–Crippen MR) is 96.6 cm³/mol. The molecule has 0 bridgehead atoms. The van der Waals surface area contributed by atoms with Crippen molar-refractivity contribution in [1.29, 1.82) is 0 Å². The summed E-state index contributed by atoms with van der Waals surface area (Å²) in [6.07, 6.45) is 4.21. The van der Waals surface area contributed by atoms with Gasteiger partial charge in [0, 0.05) is 23.5 Å². The van der Waals surface area contributed by atoms with Gasteiger partial charge in [-0.3, -0.25) is 0 Å². The van der Waals surface area contributed by atoms with E-state index >= 15 is 0 Å². The second-order valence-electron chi connectivity index (χ2n) is 5.52. The van der Waals surface area contributed by atoms with Gasteiger partial charge in [-0.05, 0) is 23.3 Å². The molecule has 0 N–H and O–H groups in total. The minimum atomic E-state index is 1.22. The van der Waals surface area contributed by atoms with Crippen LogP contribution in [0.1, 0.15) is 0 Å². The first-order valence-electron chi connectivity index (χ1n) is 7.81. The van der Waals surface area contributed by atoms with Crippen molar-refractivity contribution in [3.63, 3.8) is 0 Å². The van der Waals surface area contributed by atoms with E-state index in [4.69, 9.17) is 0 Å². The van der Waals surface area contributed by atoms with E-state index in [9.17, 15) is 0 Å². The van der Waals surface area contributed by atoms with E-state index in [0.29, 0.717) is 0 Å². The third-order valence-corrected chi connectivity index (χ3v) is 4.07. The number of nitrogens with zero attached hydrogens (tertiary/aromatic N) is 1. The van der Waals surface area contributed by atoms with E-state index in [1.54, 1.807) is 0 Å². The first-order valence-corrected chi connectivity index (χ1v) is 7.81. The summed E-state index contributed by atoms with van der Waals surface area (Å²) in [6, 6.07) is 31.8. The van der Waals surface area contributed by atoms with E-state index < -0.39 is 0 Å². The van der Waals surface area contributed by atoms with Gasteiger partial charge in [-0.2, -0.15) is 0 Å². The van der Waals surface area contributed by atoms with Crippen LogP contribution in [0.15, 0.2) is 103 Å². The molecule has 0 saturated carbocycles. The Kier molecular flexibility index (Phi) is 3.53. The van der Waals surface area contributed by atoms with Gasteiger partial charge in [-0.25, -0.2) is 0 Å². The molecule has 0 saturated heterocycles. The molecule has 1 aromatic heterocycles. The van der Waals surface area contributed by atoms with Gasteiger partial charge in [0.1, 0.15) is 0 Å². The zero-order valence-corrected chi connectivity index (χ0v) is 12.8. The van der Waals surface area contributed by atoms with Gasteiger partial charge in [0.15, 0.2) is 0 Å². The first-order chi connectivity index (χ1) is 11.4. The first kappa shape index (κ1) is 13.6. The molecule has 1 heteroatoms. The number of hydrogen-bond acceptors (Lipinski definition) is 0. The maximum atomic E-state index is 2.20. The monoisotopic (exact) mass is 295 g/mol. The number of aromatic nitrogens is 1.